The number of amides is 1. The zero-order valence-electron chi connectivity index (χ0n) is 15.1. The average molecular weight is 391 g/mol. The number of rotatable bonds is 4. The molecule has 2 rings (SSSR count). The van der Waals surface area contributed by atoms with Crippen LogP contribution in [0.25, 0.3) is 0 Å². The maximum absolute atomic E-state index is 12.5. The Labute approximate surface area is 152 Å². The van der Waals surface area contributed by atoms with Crippen LogP contribution in [0.4, 0.5) is 13.2 Å². The van der Waals surface area contributed by atoms with Gasteiger partial charge in [-0.05, 0) is 51.3 Å². The molecule has 1 aromatic carbocycles. The molecule has 0 bridgehead atoms. The third-order valence-electron chi connectivity index (χ3n) is 4.70. The summed E-state index contributed by atoms with van der Waals surface area (Å²) in [5.74, 6) is -0.170. The Balaban J connectivity index is 1.92. The van der Waals surface area contributed by atoms with E-state index in [0.29, 0.717) is 24.9 Å². The first-order valence-electron chi connectivity index (χ1n) is 8.50. The van der Waals surface area contributed by atoms with Crippen molar-refractivity contribution in [1.82, 2.24) is 4.90 Å². The Morgan fingerprint density at radius 3 is 2.23 bits per heavy atom. The quantitative estimate of drug-likeness (QED) is 0.790. The lowest BCUT2D eigenvalue weighted by Gasteiger charge is -2.24. The lowest BCUT2D eigenvalue weighted by Crippen LogP contribution is -2.39. The van der Waals surface area contributed by atoms with Crippen LogP contribution >= 0.6 is 0 Å². The Hall–Kier alpha value is -1.57. The van der Waals surface area contributed by atoms with Gasteiger partial charge in [0.15, 0.2) is 9.84 Å². The Morgan fingerprint density at radius 1 is 1.15 bits per heavy atom. The fraction of sp³-hybridized carbons (Fsp3) is 0.611. The number of hydrogen-bond acceptors (Lipinski definition) is 3. The first-order chi connectivity index (χ1) is 11.8. The highest BCUT2D eigenvalue weighted by Crippen LogP contribution is 2.30. The van der Waals surface area contributed by atoms with E-state index in [9.17, 15) is 26.4 Å². The highest BCUT2D eigenvalue weighted by Gasteiger charge is 2.41. The predicted octanol–water partition coefficient (Wildman–Crippen LogP) is 3.45. The smallest absolute Gasteiger partial charge is 0.341 e. The molecule has 0 unspecified atom stereocenters. The molecule has 8 heteroatoms. The summed E-state index contributed by atoms with van der Waals surface area (Å²) in [5, 5.41) is -0.558. The number of hydrogen-bond donors (Lipinski definition) is 0. The molecule has 0 N–H and O–H groups in total. The molecule has 1 atom stereocenters. The number of benzene rings is 1. The van der Waals surface area contributed by atoms with Crippen LogP contribution in [0.3, 0.4) is 0 Å². The molecular formula is C18H24F3NO3S. The lowest BCUT2D eigenvalue weighted by atomic mass is 10.1. The molecule has 1 amide bonds. The van der Waals surface area contributed by atoms with Gasteiger partial charge >= 0.3 is 6.18 Å². The van der Waals surface area contributed by atoms with E-state index >= 15 is 0 Å². The number of carbonyl (C=O) groups excluding carboxylic acids is 1. The molecule has 0 aromatic heterocycles. The van der Waals surface area contributed by atoms with Crippen LogP contribution in [0.1, 0.15) is 44.7 Å². The van der Waals surface area contributed by atoms with Crippen molar-refractivity contribution in [3.8, 4) is 0 Å². The number of nitrogens with zero attached hydrogens (tertiary/aromatic N) is 1. The van der Waals surface area contributed by atoms with Crippen molar-refractivity contribution in [2.45, 2.75) is 56.2 Å². The SMILES string of the molecule is CC(C)(C)S(=O)(=O)[C@H]1CCN(C(=O)CCc2ccc(C(F)(F)F)cc2)C1. The maximum atomic E-state index is 12.5. The topological polar surface area (TPSA) is 54.5 Å². The lowest BCUT2D eigenvalue weighted by molar-refractivity contribution is -0.137. The molecule has 0 saturated carbocycles. The van der Waals surface area contributed by atoms with Gasteiger partial charge in [-0.15, -0.1) is 0 Å². The molecule has 0 spiro atoms. The summed E-state index contributed by atoms with van der Waals surface area (Å²) in [4.78, 5) is 13.9. The molecule has 1 heterocycles. The minimum atomic E-state index is -4.38. The fourth-order valence-corrected chi connectivity index (χ4v) is 4.77. The summed E-state index contributed by atoms with van der Waals surface area (Å²) >= 11 is 0. The normalized spacial score (nSPS) is 19.0. The first-order valence-corrected chi connectivity index (χ1v) is 10.0. The molecule has 1 fully saturated rings. The molecule has 1 aromatic rings. The third kappa shape index (κ3) is 4.58. The molecule has 1 aliphatic heterocycles. The summed E-state index contributed by atoms with van der Waals surface area (Å²) in [6.45, 7) is 5.53. The second-order valence-corrected chi connectivity index (χ2v) is 10.6. The molecule has 4 nitrogen and oxygen atoms in total. The molecule has 1 saturated heterocycles. The van der Waals surface area contributed by atoms with Gasteiger partial charge in [0.25, 0.3) is 0 Å². The minimum absolute atomic E-state index is 0.146. The van der Waals surface area contributed by atoms with Gasteiger partial charge in [-0.2, -0.15) is 13.2 Å². The van der Waals surface area contributed by atoms with E-state index < -0.39 is 31.6 Å². The standard InChI is InChI=1S/C18H24F3NO3S/c1-17(2,3)26(24,25)15-10-11-22(12-15)16(23)9-6-13-4-7-14(8-5-13)18(19,20)21/h4-5,7-8,15H,6,9-12H2,1-3H3/t15-/m0/s1. The van der Waals surface area contributed by atoms with Gasteiger partial charge in [-0.1, -0.05) is 12.1 Å². The van der Waals surface area contributed by atoms with Crippen molar-refractivity contribution < 1.29 is 26.4 Å². The molecule has 146 valence electrons. The van der Waals surface area contributed by atoms with Crippen molar-refractivity contribution in [2.75, 3.05) is 13.1 Å². The maximum Gasteiger partial charge on any atom is 0.416 e. The highest BCUT2D eigenvalue weighted by atomic mass is 32.2. The van der Waals surface area contributed by atoms with Gasteiger partial charge in [-0.3, -0.25) is 4.79 Å². The Bertz CT molecular complexity index is 749. The minimum Gasteiger partial charge on any atom is -0.341 e. The van der Waals surface area contributed by atoms with E-state index in [0.717, 1.165) is 12.1 Å². The van der Waals surface area contributed by atoms with E-state index in [1.807, 2.05) is 0 Å². The summed E-state index contributed by atoms with van der Waals surface area (Å²) in [5.41, 5.74) is -0.0771. The Morgan fingerprint density at radius 2 is 1.73 bits per heavy atom. The van der Waals surface area contributed by atoms with Crippen LogP contribution in [0.2, 0.25) is 0 Å². The second-order valence-electron chi connectivity index (χ2n) is 7.60. The fourth-order valence-electron chi connectivity index (χ4n) is 2.98. The number of halogens is 3. The van der Waals surface area contributed by atoms with Gasteiger partial charge in [0.05, 0.1) is 15.6 Å². The van der Waals surface area contributed by atoms with Crippen molar-refractivity contribution in [1.29, 1.82) is 0 Å². The van der Waals surface area contributed by atoms with Crippen LogP contribution in [0, 0.1) is 0 Å². The number of carbonyl (C=O) groups is 1. The number of alkyl halides is 3. The molecule has 1 aliphatic rings. The van der Waals surface area contributed by atoms with Crippen LogP contribution < -0.4 is 0 Å². The largest absolute Gasteiger partial charge is 0.416 e. The van der Waals surface area contributed by atoms with Gasteiger partial charge in [0.1, 0.15) is 0 Å². The summed E-state index contributed by atoms with van der Waals surface area (Å²) in [7, 11) is -3.33. The van der Waals surface area contributed by atoms with Crippen molar-refractivity contribution in [3.63, 3.8) is 0 Å². The summed E-state index contributed by atoms with van der Waals surface area (Å²) < 4.78 is 61.7. The predicted molar refractivity (Wildman–Crippen MR) is 93.4 cm³/mol. The van der Waals surface area contributed by atoms with Crippen molar-refractivity contribution in [3.05, 3.63) is 35.4 Å². The van der Waals surface area contributed by atoms with Crippen LogP contribution in [-0.2, 0) is 27.2 Å². The van der Waals surface area contributed by atoms with Gasteiger partial charge < -0.3 is 4.90 Å². The molecule has 0 aliphatic carbocycles. The molecule has 26 heavy (non-hydrogen) atoms. The Kier molecular flexibility index (Phi) is 5.75. The summed E-state index contributed by atoms with van der Waals surface area (Å²) in [6.07, 6.45) is -3.49. The summed E-state index contributed by atoms with van der Waals surface area (Å²) in [6, 6.07) is 4.74. The van der Waals surface area contributed by atoms with Gasteiger partial charge in [0.2, 0.25) is 5.91 Å². The van der Waals surface area contributed by atoms with Gasteiger partial charge in [-0.25, -0.2) is 8.42 Å². The van der Waals surface area contributed by atoms with Crippen LogP contribution in [0.5, 0.6) is 0 Å². The third-order valence-corrected chi connectivity index (χ3v) is 7.67. The monoisotopic (exact) mass is 391 g/mol. The van der Waals surface area contributed by atoms with Crippen LogP contribution in [-0.4, -0.2) is 42.3 Å². The number of likely N-dealkylation sites (tertiary alicyclic amines) is 1. The first kappa shape index (κ1) is 20.7. The van der Waals surface area contributed by atoms with E-state index in [4.69, 9.17) is 0 Å². The van der Waals surface area contributed by atoms with Gasteiger partial charge in [0, 0.05) is 19.5 Å². The van der Waals surface area contributed by atoms with E-state index in [2.05, 4.69) is 0 Å². The van der Waals surface area contributed by atoms with Crippen molar-refractivity contribution in [2.24, 2.45) is 0 Å². The zero-order valence-corrected chi connectivity index (χ0v) is 16.0. The van der Waals surface area contributed by atoms with Crippen molar-refractivity contribution >= 4 is 15.7 Å². The zero-order chi connectivity index (χ0) is 19.8. The number of sulfone groups is 1. The number of aryl methyl sites for hydroxylation is 1. The second kappa shape index (κ2) is 7.21. The average Bonchev–Trinajstić information content (AvgIpc) is 3.01. The molecular weight excluding hydrogens is 367 g/mol. The van der Waals surface area contributed by atoms with Crippen LogP contribution in [0.15, 0.2) is 24.3 Å². The van der Waals surface area contributed by atoms with E-state index in [1.54, 1.807) is 20.8 Å². The van der Waals surface area contributed by atoms with E-state index in [-0.39, 0.29) is 18.9 Å². The van der Waals surface area contributed by atoms with E-state index in [1.165, 1.54) is 17.0 Å². The highest BCUT2D eigenvalue weighted by molar-refractivity contribution is 7.93. The molecule has 0 radical (unpaired) electrons.